The van der Waals surface area contributed by atoms with Crippen molar-refractivity contribution in [1.82, 2.24) is 9.80 Å². The van der Waals surface area contributed by atoms with Gasteiger partial charge in [-0.25, -0.2) is 0 Å². The van der Waals surface area contributed by atoms with Crippen molar-refractivity contribution in [2.75, 3.05) is 33.7 Å². The zero-order chi connectivity index (χ0) is 14.4. The number of aliphatic hydroxyl groups is 1. The van der Waals surface area contributed by atoms with Crippen molar-refractivity contribution in [1.29, 1.82) is 0 Å². The summed E-state index contributed by atoms with van der Waals surface area (Å²) >= 11 is 0. The summed E-state index contributed by atoms with van der Waals surface area (Å²) in [6.45, 7) is 3.04. The number of aryl methyl sites for hydroxylation is 1. The Morgan fingerprint density at radius 2 is 2.05 bits per heavy atom. The van der Waals surface area contributed by atoms with Gasteiger partial charge < -0.3 is 10.0 Å². The minimum atomic E-state index is -0.212. The van der Waals surface area contributed by atoms with Gasteiger partial charge in [0.25, 0.3) is 0 Å². The summed E-state index contributed by atoms with van der Waals surface area (Å²) in [6.07, 6.45) is 4.13. The van der Waals surface area contributed by atoms with Crippen molar-refractivity contribution in [3.8, 4) is 0 Å². The van der Waals surface area contributed by atoms with Gasteiger partial charge in [0.15, 0.2) is 0 Å². The van der Waals surface area contributed by atoms with Crippen LogP contribution in [0.4, 0.5) is 0 Å². The molecule has 0 amide bonds. The van der Waals surface area contributed by atoms with Crippen LogP contribution in [0, 0.1) is 0 Å². The first-order valence-electron chi connectivity index (χ1n) is 7.76. The van der Waals surface area contributed by atoms with Crippen molar-refractivity contribution in [2.24, 2.45) is 0 Å². The van der Waals surface area contributed by atoms with Crippen LogP contribution >= 0.6 is 0 Å². The lowest BCUT2D eigenvalue weighted by Crippen LogP contribution is -2.47. The van der Waals surface area contributed by atoms with Gasteiger partial charge in [0.2, 0.25) is 0 Å². The molecule has 20 heavy (non-hydrogen) atoms. The molecule has 0 radical (unpaired) electrons. The number of benzene rings is 1. The third kappa shape index (κ3) is 4.89. The number of aliphatic hydroxyl groups excluding tert-OH is 1. The molecular formula is C17H28N2O. The minimum absolute atomic E-state index is 0.212. The summed E-state index contributed by atoms with van der Waals surface area (Å²) in [6, 6.07) is 11.1. The molecule has 3 heteroatoms. The smallest absolute Gasteiger partial charge is 0.0670 e. The molecule has 2 rings (SSSR count). The zero-order valence-corrected chi connectivity index (χ0v) is 12.8. The van der Waals surface area contributed by atoms with Gasteiger partial charge in [0.1, 0.15) is 0 Å². The van der Waals surface area contributed by atoms with Crippen LogP contribution in [-0.4, -0.2) is 60.8 Å². The molecule has 0 aromatic heterocycles. The van der Waals surface area contributed by atoms with Gasteiger partial charge in [-0.3, -0.25) is 4.90 Å². The van der Waals surface area contributed by atoms with E-state index in [1.54, 1.807) is 0 Å². The van der Waals surface area contributed by atoms with E-state index in [4.69, 9.17) is 0 Å². The fraction of sp³-hybridized carbons (Fsp3) is 0.647. The van der Waals surface area contributed by atoms with Crippen molar-refractivity contribution in [2.45, 2.75) is 37.8 Å². The first-order chi connectivity index (χ1) is 9.65. The molecule has 0 saturated carbocycles. The van der Waals surface area contributed by atoms with E-state index in [0.29, 0.717) is 6.04 Å². The molecule has 1 fully saturated rings. The van der Waals surface area contributed by atoms with Crippen LogP contribution in [0.1, 0.15) is 24.8 Å². The minimum Gasteiger partial charge on any atom is -0.392 e. The molecule has 1 aliphatic heterocycles. The number of hydrogen-bond acceptors (Lipinski definition) is 3. The molecule has 0 bridgehead atoms. The van der Waals surface area contributed by atoms with E-state index in [1.165, 1.54) is 18.4 Å². The van der Waals surface area contributed by atoms with Crippen LogP contribution in [0.25, 0.3) is 0 Å². The zero-order valence-electron chi connectivity index (χ0n) is 12.8. The summed E-state index contributed by atoms with van der Waals surface area (Å²) in [5.41, 5.74) is 1.32. The lowest BCUT2D eigenvalue weighted by atomic mass is 10.0. The third-order valence-electron chi connectivity index (χ3n) is 4.29. The van der Waals surface area contributed by atoms with E-state index in [-0.39, 0.29) is 6.10 Å². The second kappa shape index (κ2) is 7.77. The number of likely N-dealkylation sites (tertiary alicyclic amines) is 1. The molecule has 1 saturated heterocycles. The molecule has 0 aliphatic carbocycles. The molecule has 1 aromatic rings. The van der Waals surface area contributed by atoms with E-state index in [9.17, 15) is 5.11 Å². The highest BCUT2D eigenvalue weighted by molar-refractivity contribution is 5.14. The Balaban J connectivity index is 1.72. The van der Waals surface area contributed by atoms with Crippen LogP contribution in [-0.2, 0) is 6.42 Å². The Labute approximate surface area is 123 Å². The Hall–Kier alpha value is -0.900. The normalized spacial score (nSPS) is 22.1. The van der Waals surface area contributed by atoms with Crippen LogP contribution in [0.3, 0.4) is 0 Å². The van der Waals surface area contributed by atoms with Gasteiger partial charge in [-0.05, 0) is 51.9 Å². The molecule has 1 aliphatic rings. The largest absolute Gasteiger partial charge is 0.392 e. The van der Waals surface area contributed by atoms with Gasteiger partial charge in [0.05, 0.1) is 6.10 Å². The lowest BCUT2D eigenvalue weighted by Gasteiger charge is -2.37. The van der Waals surface area contributed by atoms with Crippen LogP contribution < -0.4 is 0 Å². The quantitative estimate of drug-likeness (QED) is 0.861. The maximum Gasteiger partial charge on any atom is 0.0670 e. The number of likely N-dealkylation sites (N-methyl/N-ethyl adjacent to an activating group) is 1. The third-order valence-corrected chi connectivity index (χ3v) is 4.29. The first-order valence-corrected chi connectivity index (χ1v) is 7.76. The van der Waals surface area contributed by atoms with Crippen molar-refractivity contribution in [3.63, 3.8) is 0 Å². The predicted octanol–water partition coefficient (Wildman–Crippen LogP) is 2.01. The molecule has 1 aromatic carbocycles. The second-order valence-corrected chi connectivity index (χ2v) is 6.20. The molecular weight excluding hydrogens is 248 g/mol. The van der Waals surface area contributed by atoms with Crippen LogP contribution in [0.15, 0.2) is 30.3 Å². The van der Waals surface area contributed by atoms with Crippen molar-refractivity contribution >= 4 is 0 Å². The second-order valence-electron chi connectivity index (χ2n) is 6.20. The van der Waals surface area contributed by atoms with Crippen molar-refractivity contribution < 1.29 is 5.11 Å². The number of piperidine rings is 1. The van der Waals surface area contributed by atoms with E-state index >= 15 is 0 Å². The first kappa shape index (κ1) is 15.5. The number of hydrogen-bond donors (Lipinski definition) is 1. The standard InChI is InChI=1S/C17H28N2O/c1-18(2)16-9-6-12-19(13-16)14-17(20)11-10-15-7-4-3-5-8-15/h3-5,7-8,16-17,20H,6,9-14H2,1-2H3/t16-,17-/m1/s1. The van der Waals surface area contributed by atoms with E-state index in [0.717, 1.165) is 32.5 Å². The Bertz CT molecular complexity index is 380. The lowest BCUT2D eigenvalue weighted by molar-refractivity contribution is 0.0684. The number of β-amino-alcohol motifs (C(OH)–C–C–N with tert-alkyl or cyclic N) is 1. The number of nitrogens with zero attached hydrogens (tertiary/aromatic N) is 2. The molecule has 2 atom stereocenters. The summed E-state index contributed by atoms with van der Waals surface area (Å²) in [7, 11) is 4.31. The summed E-state index contributed by atoms with van der Waals surface area (Å²) in [5.74, 6) is 0. The maximum atomic E-state index is 10.2. The van der Waals surface area contributed by atoms with Crippen LogP contribution in [0.5, 0.6) is 0 Å². The van der Waals surface area contributed by atoms with Crippen LogP contribution in [0.2, 0.25) is 0 Å². The molecule has 1 heterocycles. The van der Waals surface area contributed by atoms with E-state index < -0.39 is 0 Å². The average molecular weight is 276 g/mol. The highest BCUT2D eigenvalue weighted by Crippen LogP contribution is 2.15. The Morgan fingerprint density at radius 3 is 2.75 bits per heavy atom. The highest BCUT2D eigenvalue weighted by atomic mass is 16.3. The Morgan fingerprint density at radius 1 is 1.30 bits per heavy atom. The van der Waals surface area contributed by atoms with E-state index in [1.807, 2.05) is 6.07 Å². The molecule has 0 spiro atoms. The highest BCUT2D eigenvalue weighted by Gasteiger charge is 2.22. The molecule has 1 N–H and O–H groups in total. The van der Waals surface area contributed by atoms with Gasteiger partial charge >= 0.3 is 0 Å². The monoisotopic (exact) mass is 276 g/mol. The SMILES string of the molecule is CN(C)[C@@H]1CCCN(C[C@H](O)CCc2ccccc2)C1. The van der Waals surface area contributed by atoms with Crippen molar-refractivity contribution in [3.05, 3.63) is 35.9 Å². The van der Waals surface area contributed by atoms with E-state index in [2.05, 4.69) is 48.2 Å². The summed E-state index contributed by atoms with van der Waals surface area (Å²) in [4.78, 5) is 4.73. The maximum absolute atomic E-state index is 10.2. The predicted molar refractivity (Wildman–Crippen MR) is 83.9 cm³/mol. The summed E-state index contributed by atoms with van der Waals surface area (Å²) < 4.78 is 0. The summed E-state index contributed by atoms with van der Waals surface area (Å²) in [5, 5.41) is 10.2. The fourth-order valence-electron chi connectivity index (χ4n) is 2.99. The average Bonchev–Trinajstić information content (AvgIpc) is 2.46. The molecule has 112 valence electrons. The fourth-order valence-corrected chi connectivity index (χ4v) is 2.99. The van der Waals surface area contributed by atoms with Gasteiger partial charge in [-0.1, -0.05) is 30.3 Å². The molecule has 0 unspecified atom stereocenters. The number of rotatable bonds is 6. The van der Waals surface area contributed by atoms with Gasteiger partial charge in [0, 0.05) is 19.1 Å². The van der Waals surface area contributed by atoms with Gasteiger partial charge in [-0.15, -0.1) is 0 Å². The van der Waals surface area contributed by atoms with Gasteiger partial charge in [-0.2, -0.15) is 0 Å². The Kier molecular flexibility index (Phi) is 6.02. The molecule has 3 nitrogen and oxygen atoms in total. The topological polar surface area (TPSA) is 26.7 Å².